The van der Waals surface area contributed by atoms with E-state index >= 15 is 0 Å². The summed E-state index contributed by atoms with van der Waals surface area (Å²) in [6.45, 7) is 0. The predicted octanol–water partition coefficient (Wildman–Crippen LogP) is 3.81. The summed E-state index contributed by atoms with van der Waals surface area (Å²) in [5.41, 5.74) is 6.15. The molecule has 0 saturated heterocycles. The van der Waals surface area contributed by atoms with Gasteiger partial charge in [0, 0.05) is 29.1 Å². The summed E-state index contributed by atoms with van der Waals surface area (Å²) in [6, 6.07) is 19.1. The molecule has 4 rings (SSSR count). The third-order valence-corrected chi connectivity index (χ3v) is 4.04. The van der Waals surface area contributed by atoms with Crippen LogP contribution in [0.15, 0.2) is 60.9 Å². The SMILES string of the molecule is N#CC(=C1c2cccnc2-c2ncccc21)c1ccc(C#N)cc1. The lowest BCUT2D eigenvalue weighted by molar-refractivity contribution is 1.26. The van der Waals surface area contributed by atoms with Crippen molar-refractivity contribution < 1.29 is 0 Å². The van der Waals surface area contributed by atoms with Crippen molar-refractivity contribution in [2.45, 2.75) is 0 Å². The van der Waals surface area contributed by atoms with E-state index in [1.807, 2.05) is 24.3 Å². The number of hydrogen-bond acceptors (Lipinski definition) is 4. The van der Waals surface area contributed by atoms with Crippen molar-refractivity contribution in [1.82, 2.24) is 9.97 Å². The van der Waals surface area contributed by atoms with E-state index in [-0.39, 0.29) is 0 Å². The minimum Gasteiger partial charge on any atom is -0.254 e. The van der Waals surface area contributed by atoms with Crippen molar-refractivity contribution in [2.24, 2.45) is 0 Å². The Hall–Kier alpha value is -3.76. The van der Waals surface area contributed by atoms with Crippen LogP contribution in [0.2, 0.25) is 0 Å². The van der Waals surface area contributed by atoms with Gasteiger partial charge in [-0.05, 0) is 29.8 Å². The Kier molecular flexibility index (Phi) is 3.16. The Morgan fingerprint density at radius 2 is 1.38 bits per heavy atom. The van der Waals surface area contributed by atoms with Gasteiger partial charge in [0.15, 0.2) is 0 Å². The van der Waals surface area contributed by atoms with E-state index in [1.54, 1.807) is 36.7 Å². The Morgan fingerprint density at radius 1 is 0.792 bits per heavy atom. The van der Waals surface area contributed by atoms with E-state index in [9.17, 15) is 5.26 Å². The first-order chi connectivity index (χ1) is 11.8. The molecule has 1 aliphatic rings. The van der Waals surface area contributed by atoms with E-state index in [0.717, 1.165) is 33.7 Å². The fourth-order valence-corrected chi connectivity index (χ4v) is 2.98. The van der Waals surface area contributed by atoms with Crippen LogP contribution in [0, 0.1) is 22.7 Å². The third-order valence-electron chi connectivity index (χ3n) is 4.04. The molecule has 0 unspecified atom stereocenters. The fourth-order valence-electron chi connectivity index (χ4n) is 2.98. The molecule has 4 heteroatoms. The van der Waals surface area contributed by atoms with E-state index in [4.69, 9.17) is 5.26 Å². The Bertz CT molecular complexity index is 1020. The molecular formula is C20H10N4. The van der Waals surface area contributed by atoms with Crippen LogP contribution in [0.5, 0.6) is 0 Å². The minimum atomic E-state index is 0.556. The van der Waals surface area contributed by atoms with Crippen LogP contribution in [-0.2, 0) is 0 Å². The van der Waals surface area contributed by atoms with Gasteiger partial charge in [-0.15, -0.1) is 0 Å². The van der Waals surface area contributed by atoms with Crippen molar-refractivity contribution >= 4 is 11.1 Å². The molecule has 2 heterocycles. The summed E-state index contributed by atoms with van der Waals surface area (Å²) in [5, 5.41) is 18.8. The lowest BCUT2D eigenvalue weighted by Gasteiger charge is -2.07. The van der Waals surface area contributed by atoms with Gasteiger partial charge < -0.3 is 0 Å². The molecule has 0 saturated carbocycles. The Morgan fingerprint density at radius 3 is 1.88 bits per heavy atom. The van der Waals surface area contributed by atoms with Crippen molar-refractivity contribution in [3.63, 3.8) is 0 Å². The normalized spacial score (nSPS) is 11.2. The van der Waals surface area contributed by atoms with Gasteiger partial charge in [0.25, 0.3) is 0 Å². The lowest BCUT2D eigenvalue weighted by Crippen LogP contribution is -1.91. The summed E-state index contributed by atoms with van der Waals surface area (Å²) in [6.07, 6.45) is 3.46. The van der Waals surface area contributed by atoms with Crippen LogP contribution in [-0.4, -0.2) is 9.97 Å². The molecule has 0 fully saturated rings. The number of aromatic nitrogens is 2. The maximum Gasteiger partial charge on any atom is 0.100 e. The van der Waals surface area contributed by atoms with E-state index in [0.29, 0.717) is 11.1 Å². The second-order valence-electron chi connectivity index (χ2n) is 5.35. The van der Waals surface area contributed by atoms with Crippen LogP contribution in [0.1, 0.15) is 22.3 Å². The predicted molar refractivity (Wildman–Crippen MR) is 90.2 cm³/mol. The minimum absolute atomic E-state index is 0.556. The highest BCUT2D eigenvalue weighted by Crippen LogP contribution is 2.44. The van der Waals surface area contributed by atoms with Gasteiger partial charge in [-0.25, -0.2) is 0 Å². The molecule has 2 aromatic heterocycles. The molecule has 0 aliphatic heterocycles. The third kappa shape index (κ3) is 1.99. The standard InChI is InChI=1S/C20H10N4/c21-11-13-5-7-14(8-6-13)17(12-22)18-15-3-1-9-23-19(15)20-16(18)4-2-10-24-20/h1-10H. The largest absolute Gasteiger partial charge is 0.254 e. The summed E-state index contributed by atoms with van der Waals surface area (Å²) < 4.78 is 0. The van der Waals surface area contributed by atoms with Crippen LogP contribution in [0.25, 0.3) is 22.5 Å². The molecule has 1 aromatic carbocycles. The zero-order valence-electron chi connectivity index (χ0n) is 12.6. The highest BCUT2D eigenvalue weighted by molar-refractivity contribution is 6.11. The second-order valence-corrected chi connectivity index (χ2v) is 5.35. The first-order valence-corrected chi connectivity index (χ1v) is 7.39. The van der Waals surface area contributed by atoms with Gasteiger partial charge in [0.2, 0.25) is 0 Å². The van der Waals surface area contributed by atoms with Crippen molar-refractivity contribution in [1.29, 1.82) is 10.5 Å². The van der Waals surface area contributed by atoms with E-state index in [2.05, 4.69) is 22.1 Å². The van der Waals surface area contributed by atoms with Crippen molar-refractivity contribution in [3.05, 3.63) is 83.2 Å². The van der Waals surface area contributed by atoms with Crippen LogP contribution >= 0.6 is 0 Å². The molecule has 110 valence electrons. The summed E-state index contributed by atoms with van der Waals surface area (Å²) >= 11 is 0. The molecular weight excluding hydrogens is 296 g/mol. The number of rotatable bonds is 1. The zero-order valence-corrected chi connectivity index (χ0v) is 12.6. The number of allylic oxidation sites excluding steroid dienone is 1. The van der Waals surface area contributed by atoms with Crippen LogP contribution in [0.4, 0.5) is 0 Å². The van der Waals surface area contributed by atoms with Crippen molar-refractivity contribution in [2.75, 3.05) is 0 Å². The van der Waals surface area contributed by atoms with Crippen LogP contribution < -0.4 is 0 Å². The molecule has 0 atom stereocenters. The molecule has 0 spiro atoms. The summed E-state index contributed by atoms with van der Waals surface area (Å²) in [7, 11) is 0. The van der Waals surface area contributed by atoms with Gasteiger partial charge >= 0.3 is 0 Å². The molecule has 0 N–H and O–H groups in total. The maximum atomic E-state index is 9.80. The quantitative estimate of drug-likeness (QED) is 0.501. The highest BCUT2D eigenvalue weighted by atomic mass is 14.8. The topological polar surface area (TPSA) is 73.4 Å². The average Bonchev–Trinajstić information content (AvgIpc) is 2.98. The van der Waals surface area contributed by atoms with Crippen molar-refractivity contribution in [3.8, 4) is 23.5 Å². The molecule has 0 radical (unpaired) electrons. The molecule has 1 aliphatic carbocycles. The Labute approximate surface area is 139 Å². The lowest BCUT2D eigenvalue weighted by atomic mass is 9.94. The smallest absolute Gasteiger partial charge is 0.100 e. The van der Waals surface area contributed by atoms with E-state index < -0.39 is 0 Å². The summed E-state index contributed by atoms with van der Waals surface area (Å²) in [4.78, 5) is 8.88. The monoisotopic (exact) mass is 306 g/mol. The number of hydrogen-bond donors (Lipinski definition) is 0. The Balaban J connectivity index is 2.04. The first kappa shape index (κ1) is 13.9. The molecule has 4 nitrogen and oxygen atoms in total. The number of fused-ring (bicyclic) bond motifs is 3. The van der Waals surface area contributed by atoms with Gasteiger partial charge in [-0.3, -0.25) is 9.97 Å². The summed E-state index contributed by atoms with van der Waals surface area (Å²) in [5.74, 6) is 0. The molecule has 24 heavy (non-hydrogen) atoms. The van der Waals surface area contributed by atoms with Gasteiger partial charge in [-0.2, -0.15) is 10.5 Å². The van der Waals surface area contributed by atoms with Gasteiger partial charge in [-0.1, -0.05) is 24.3 Å². The van der Waals surface area contributed by atoms with E-state index in [1.165, 1.54) is 0 Å². The maximum absolute atomic E-state index is 9.80. The van der Waals surface area contributed by atoms with Crippen LogP contribution in [0.3, 0.4) is 0 Å². The molecule has 0 bridgehead atoms. The number of benzene rings is 1. The number of nitrogens with zero attached hydrogens (tertiary/aromatic N) is 4. The first-order valence-electron chi connectivity index (χ1n) is 7.39. The fraction of sp³-hybridized carbons (Fsp3) is 0. The molecule has 3 aromatic rings. The van der Waals surface area contributed by atoms with Gasteiger partial charge in [0.1, 0.15) is 6.07 Å². The molecule has 0 amide bonds. The number of nitriles is 2. The van der Waals surface area contributed by atoms with Gasteiger partial charge in [0.05, 0.1) is 28.6 Å². The second kappa shape index (κ2) is 5.46. The highest BCUT2D eigenvalue weighted by Gasteiger charge is 2.28. The number of pyridine rings is 2. The average molecular weight is 306 g/mol. The zero-order chi connectivity index (χ0) is 16.5.